The molecule has 0 aliphatic carbocycles. The third kappa shape index (κ3) is 5.08. The Morgan fingerprint density at radius 2 is 1.88 bits per heavy atom. The third-order valence-electron chi connectivity index (χ3n) is 4.06. The molecule has 2 N–H and O–H groups in total. The molecule has 1 aromatic carbocycles. The van der Waals surface area contributed by atoms with E-state index in [4.69, 9.17) is 27.9 Å². The van der Waals surface area contributed by atoms with Crippen LogP contribution >= 0.6 is 23.2 Å². The van der Waals surface area contributed by atoms with Gasteiger partial charge in [0.15, 0.2) is 0 Å². The number of ether oxygens (including phenoxy) is 1. The van der Waals surface area contributed by atoms with Crippen LogP contribution in [0.1, 0.15) is 10.4 Å². The van der Waals surface area contributed by atoms with Gasteiger partial charge in [0.2, 0.25) is 0 Å². The number of amides is 1. The predicted molar refractivity (Wildman–Crippen MR) is 104 cm³/mol. The largest absolute Gasteiger partial charge is 0.379 e. The molecule has 138 valence electrons. The maximum Gasteiger partial charge on any atom is 0.252 e. The van der Waals surface area contributed by atoms with E-state index in [1.54, 1.807) is 30.3 Å². The summed E-state index contributed by atoms with van der Waals surface area (Å²) in [5.41, 5.74) is 1.09. The molecule has 0 spiro atoms. The van der Waals surface area contributed by atoms with Crippen LogP contribution in [0.2, 0.25) is 10.0 Å². The second-order valence-electron chi connectivity index (χ2n) is 5.86. The van der Waals surface area contributed by atoms with Crippen molar-refractivity contribution in [2.75, 3.05) is 44.7 Å². The van der Waals surface area contributed by atoms with Crippen molar-refractivity contribution < 1.29 is 9.53 Å². The third-order valence-corrected chi connectivity index (χ3v) is 4.69. The molecule has 0 saturated carbocycles. The Labute approximate surface area is 162 Å². The Morgan fingerprint density at radius 3 is 2.54 bits per heavy atom. The number of nitrogens with one attached hydrogen (secondary N) is 2. The number of para-hydroxylation sites is 1. The minimum absolute atomic E-state index is 0.145. The molecule has 3 rings (SSSR count). The standard InChI is InChI=1S/C18H20Cl2N4O2/c19-14-2-1-3-15(20)17(14)23-16-5-4-13(12-22-16)18(25)21-6-7-24-8-10-26-11-9-24/h1-5,12H,6-11H2,(H,21,25)(H,22,23). The minimum Gasteiger partial charge on any atom is -0.379 e. The Hall–Kier alpha value is -1.86. The number of carbonyl (C=O) groups is 1. The molecule has 0 unspecified atom stereocenters. The summed E-state index contributed by atoms with van der Waals surface area (Å²) in [4.78, 5) is 18.7. The summed E-state index contributed by atoms with van der Waals surface area (Å²) >= 11 is 12.3. The molecule has 6 nitrogen and oxygen atoms in total. The first-order chi connectivity index (χ1) is 12.6. The highest BCUT2D eigenvalue weighted by Gasteiger charge is 2.12. The van der Waals surface area contributed by atoms with Crippen molar-refractivity contribution in [2.24, 2.45) is 0 Å². The van der Waals surface area contributed by atoms with Crippen molar-refractivity contribution in [2.45, 2.75) is 0 Å². The summed E-state index contributed by atoms with van der Waals surface area (Å²) in [7, 11) is 0. The molecule has 0 atom stereocenters. The quantitative estimate of drug-likeness (QED) is 0.787. The maximum atomic E-state index is 12.2. The monoisotopic (exact) mass is 394 g/mol. The molecule has 2 aromatic rings. The van der Waals surface area contributed by atoms with Crippen LogP contribution < -0.4 is 10.6 Å². The number of hydrogen-bond donors (Lipinski definition) is 2. The highest BCUT2D eigenvalue weighted by molar-refractivity contribution is 6.39. The number of nitrogens with zero attached hydrogens (tertiary/aromatic N) is 2. The summed E-state index contributed by atoms with van der Waals surface area (Å²) in [5, 5.41) is 6.99. The molecule has 26 heavy (non-hydrogen) atoms. The summed E-state index contributed by atoms with van der Waals surface area (Å²) in [6, 6.07) is 8.69. The second-order valence-corrected chi connectivity index (χ2v) is 6.68. The molecule has 1 aliphatic heterocycles. The molecule has 1 fully saturated rings. The number of pyridine rings is 1. The molecule has 1 aromatic heterocycles. The average Bonchev–Trinajstić information content (AvgIpc) is 2.66. The smallest absolute Gasteiger partial charge is 0.252 e. The molecule has 0 radical (unpaired) electrons. The number of hydrogen-bond acceptors (Lipinski definition) is 5. The van der Waals surface area contributed by atoms with E-state index >= 15 is 0 Å². The number of morpholine rings is 1. The Balaban J connectivity index is 1.52. The highest BCUT2D eigenvalue weighted by atomic mass is 35.5. The van der Waals surface area contributed by atoms with Gasteiger partial charge in [0.1, 0.15) is 5.82 Å². The van der Waals surface area contributed by atoms with Gasteiger partial charge in [-0.25, -0.2) is 4.98 Å². The zero-order chi connectivity index (χ0) is 18.4. The lowest BCUT2D eigenvalue weighted by atomic mass is 10.2. The van der Waals surface area contributed by atoms with Crippen LogP contribution in [0.4, 0.5) is 11.5 Å². The molecule has 8 heteroatoms. The lowest BCUT2D eigenvalue weighted by Gasteiger charge is -2.26. The lowest BCUT2D eigenvalue weighted by Crippen LogP contribution is -2.41. The zero-order valence-electron chi connectivity index (χ0n) is 14.2. The Kier molecular flexibility index (Phi) is 6.68. The van der Waals surface area contributed by atoms with Gasteiger partial charge < -0.3 is 15.4 Å². The number of benzene rings is 1. The second kappa shape index (κ2) is 9.19. The lowest BCUT2D eigenvalue weighted by molar-refractivity contribution is 0.0383. The van der Waals surface area contributed by atoms with E-state index in [0.717, 1.165) is 32.8 Å². The van der Waals surface area contributed by atoms with E-state index < -0.39 is 0 Å². The van der Waals surface area contributed by atoms with Gasteiger partial charge in [-0.1, -0.05) is 29.3 Å². The number of carbonyl (C=O) groups excluding carboxylic acids is 1. The van der Waals surface area contributed by atoms with Gasteiger partial charge in [-0.15, -0.1) is 0 Å². The molecular weight excluding hydrogens is 375 g/mol. The molecule has 1 aliphatic rings. The van der Waals surface area contributed by atoms with Gasteiger partial charge in [0.25, 0.3) is 5.91 Å². The van der Waals surface area contributed by atoms with Gasteiger partial charge in [0, 0.05) is 32.4 Å². The van der Waals surface area contributed by atoms with Gasteiger partial charge in [-0.2, -0.15) is 0 Å². The van der Waals surface area contributed by atoms with E-state index in [1.165, 1.54) is 6.20 Å². The SMILES string of the molecule is O=C(NCCN1CCOCC1)c1ccc(Nc2c(Cl)cccc2Cl)nc1. The number of aromatic nitrogens is 1. The molecule has 1 saturated heterocycles. The maximum absolute atomic E-state index is 12.2. The summed E-state index contributed by atoms with van der Waals surface area (Å²) in [6.07, 6.45) is 1.52. The van der Waals surface area contributed by atoms with Crippen molar-refractivity contribution in [1.29, 1.82) is 0 Å². The van der Waals surface area contributed by atoms with Crippen molar-refractivity contribution in [3.63, 3.8) is 0 Å². The fourth-order valence-corrected chi connectivity index (χ4v) is 3.09. The van der Waals surface area contributed by atoms with Gasteiger partial charge in [0.05, 0.1) is 34.5 Å². The predicted octanol–water partition coefficient (Wildman–Crippen LogP) is 3.19. The van der Waals surface area contributed by atoms with Gasteiger partial charge in [-0.3, -0.25) is 9.69 Å². The fraction of sp³-hybridized carbons (Fsp3) is 0.333. The van der Waals surface area contributed by atoms with Crippen LogP contribution in [0, 0.1) is 0 Å². The van der Waals surface area contributed by atoms with E-state index in [9.17, 15) is 4.79 Å². The van der Waals surface area contributed by atoms with Crippen LogP contribution in [-0.2, 0) is 4.74 Å². The minimum atomic E-state index is -0.145. The van der Waals surface area contributed by atoms with E-state index in [1.807, 2.05) is 0 Å². The van der Waals surface area contributed by atoms with Crippen LogP contribution in [0.25, 0.3) is 0 Å². The van der Waals surface area contributed by atoms with Crippen LogP contribution in [0.3, 0.4) is 0 Å². The first kappa shape index (κ1) is 18.9. The van der Waals surface area contributed by atoms with Crippen molar-refractivity contribution in [1.82, 2.24) is 15.2 Å². The molecule has 0 bridgehead atoms. The first-order valence-corrected chi connectivity index (χ1v) is 9.14. The highest BCUT2D eigenvalue weighted by Crippen LogP contribution is 2.31. The first-order valence-electron chi connectivity index (χ1n) is 8.39. The number of halogens is 2. The van der Waals surface area contributed by atoms with Crippen LogP contribution in [0.5, 0.6) is 0 Å². The Bertz CT molecular complexity index is 729. The van der Waals surface area contributed by atoms with Crippen molar-refractivity contribution in [3.8, 4) is 0 Å². The number of anilines is 2. The van der Waals surface area contributed by atoms with Gasteiger partial charge >= 0.3 is 0 Å². The molecule has 1 amide bonds. The molecule has 2 heterocycles. The van der Waals surface area contributed by atoms with E-state index in [2.05, 4.69) is 20.5 Å². The van der Waals surface area contributed by atoms with Gasteiger partial charge in [-0.05, 0) is 24.3 Å². The van der Waals surface area contributed by atoms with Crippen molar-refractivity contribution >= 4 is 40.6 Å². The van der Waals surface area contributed by atoms with Crippen molar-refractivity contribution in [3.05, 3.63) is 52.1 Å². The van der Waals surface area contributed by atoms with Crippen LogP contribution in [0.15, 0.2) is 36.5 Å². The summed E-state index contributed by atoms with van der Waals surface area (Å²) in [6.45, 7) is 4.72. The normalized spacial score (nSPS) is 14.8. The van der Waals surface area contributed by atoms with Crippen LogP contribution in [-0.4, -0.2) is 55.2 Å². The number of rotatable bonds is 6. The van der Waals surface area contributed by atoms with E-state index in [0.29, 0.717) is 33.7 Å². The van der Waals surface area contributed by atoms with E-state index in [-0.39, 0.29) is 5.91 Å². The molecular formula is C18H20Cl2N4O2. The summed E-state index contributed by atoms with van der Waals surface area (Å²) < 4.78 is 5.31. The fourth-order valence-electron chi connectivity index (χ4n) is 2.60. The average molecular weight is 395 g/mol. The Morgan fingerprint density at radius 1 is 1.15 bits per heavy atom. The topological polar surface area (TPSA) is 66.5 Å². The zero-order valence-corrected chi connectivity index (χ0v) is 15.7. The summed E-state index contributed by atoms with van der Waals surface area (Å²) in [5.74, 6) is 0.415.